The van der Waals surface area contributed by atoms with Crippen molar-refractivity contribution in [3.05, 3.63) is 41.7 Å². The molecule has 0 aromatic heterocycles. The van der Waals surface area contributed by atoms with Gasteiger partial charge in [0.25, 0.3) is 0 Å². The van der Waals surface area contributed by atoms with Gasteiger partial charge in [0.1, 0.15) is 0 Å². The van der Waals surface area contributed by atoms with Crippen molar-refractivity contribution in [2.24, 2.45) is 41.2 Å². The summed E-state index contributed by atoms with van der Waals surface area (Å²) >= 11 is 0. The SMILES string of the molecule is CC(=N[O-])C(C)=N[O-].CC(=N[O-])C(C)=N[O-].CC(=N[O-])C(C)=N[O-].CC(=N[O-])C(C)=N[O-].[Cu].[Cu]. The molecule has 0 saturated heterocycles. The van der Waals surface area contributed by atoms with Gasteiger partial charge in [-0.1, -0.05) is 0 Å². The summed E-state index contributed by atoms with van der Waals surface area (Å²) in [7, 11) is 0. The summed E-state index contributed by atoms with van der Waals surface area (Å²) in [4.78, 5) is 0. The molecule has 0 fully saturated rings. The quantitative estimate of drug-likeness (QED) is 0.267. The molecule has 0 heterocycles. The minimum absolute atomic E-state index is 0. The van der Waals surface area contributed by atoms with Crippen molar-refractivity contribution in [2.45, 2.75) is 55.4 Å². The van der Waals surface area contributed by atoms with Crippen LogP contribution in [-0.2, 0) is 34.1 Å². The van der Waals surface area contributed by atoms with Gasteiger partial charge >= 0.3 is 0 Å². The topological polar surface area (TPSA) is 283 Å². The van der Waals surface area contributed by atoms with Gasteiger partial charge in [-0.25, -0.2) is 0 Å². The van der Waals surface area contributed by atoms with E-state index in [1.54, 1.807) is 0 Å². The summed E-state index contributed by atoms with van der Waals surface area (Å²) in [5.74, 6) is 0. The molecule has 18 heteroatoms. The Balaban J connectivity index is -0.0000000754. The first-order valence-electron chi connectivity index (χ1n) is 8.25. The van der Waals surface area contributed by atoms with E-state index in [1.165, 1.54) is 55.4 Å². The van der Waals surface area contributed by atoms with E-state index in [2.05, 4.69) is 41.2 Å². The van der Waals surface area contributed by atoms with Gasteiger partial charge in [-0.05, 0) is 55.4 Å². The maximum absolute atomic E-state index is 9.60. The first-order valence-corrected chi connectivity index (χ1v) is 8.25. The third kappa shape index (κ3) is 26.8. The molecule has 0 aromatic rings. The van der Waals surface area contributed by atoms with Gasteiger partial charge in [-0.15, -0.1) is 0 Å². The van der Waals surface area contributed by atoms with Crippen LogP contribution >= 0.6 is 0 Å². The Morgan fingerprint density at radius 3 is 0.353 bits per heavy atom. The van der Waals surface area contributed by atoms with E-state index in [-0.39, 0.29) is 79.8 Å². The molecule has 0 saturated carbocycles. The van der Waals surface area contributed by atoms with E-state index in [1.807, 2.05) is 0 Å². The fourth-order valence-electron chi connectivity index (χ4n) is 0.528. The van der Waals surface area contributed by atoms with Crippen molar-refractivity contribution in [3.8, 4) is 0 Å². The van der Waals surface area contributed by atoms with Crippen molar-refractivity contribution >= 4 is 45.7 Å². The first-order chi connectivity index (χ1) is 14.9. The molecular weight excluding hydrogens is 559 g/mol. The molecule has 16 nitrogen and oxygen atoms in total. The number of rotatable bonds is 4. The summed E-state index contributed by atoms with van der Waals surface area (Å²) in [5.41, 5.74) is 1.11. The molecule has 34 heavy (non-hydrogen) atoms. The fourth-order valence-corrected chi connectivity index (χ4v) is 0.528. The average molecular weight is 584 g/mol. The molecule has 0 rings (SSSR count). The zero-order valence-corrected chi connectivity index (χ0v) is 21.3. The number of hydrogen-bond donors (Lipinski definition) is 0. The predicted molar refractivity (Wildman–Crippen MR) is 132 cm³/mol. The predicted octanol–water partition coefficient (Wildman–Crippen LogP) is 3.61. The van der Waals surface area contributed by atoms with Crippen LogP contribution in [0.15, 0.2) is 41.2 Å². The molecule has 0 unspecified atom stereocenters. The van der Waals surface area contributed by atoms with E-state index in [0.717, 1.165) is 0 Å². The van der Waals surface area contributed by atoms with Crippen LogP contribution in [0.25, 0.3) is 0 Å². The Morgan fingerprint density at radius 1 is 0.265 bits per heavy atom. The van der Waals surface area contributed by atoms with Gasteiger partial charge < -0.3 is 82.9 Å². The Bertz CT molecular complexity index is 587. The van der Waals surface area contributed by atoms with Gasteiger partial charge in [0, 0.05) is 79.8 Å². The van der Waals surface area contributed by atoms with E-state index in [9.17, 15) is 41.7 Å². The molecule has 0 N–H and O–H groups in total. The van der Waals surface area contributed by atoms with E-state index in [0.29, 0.717) is 0 Å². The second kappa shape index (κ2) is 29.8. The molecule has 206 valence electrons. The minimum atomic E-state index is 0. The van der Waals surface area contributed by atoms with Gasteiger partial charge in [0.2, 0.25) is 0 Å². The van der Waals surface area contributed by atoms with Gasteiger partial charge in [0.05, 0.1) is 0 Å². The summed E-state index contributed by atoms with van der Waals surface area (Å²) in [5, 5.41) is 96.7. The third-order valence-corrected chi connectivity index (χ3v) is 3.19. The zero-order chi connectivity index (χ0) is 26.3. The normalized spacial score (nSPS) is 13.4. The van der Waals surface area contributed by atoms with Crippen LogP contribution in [0.2, 0.25) is 0 Å². The number of hydrogen-bond acceptors (Lipinski definition) is 16. The molecule has 0 aliphatic rings. The molecule has 0 bridgehead atoms. The standard InChI is InChI=1S/4C4H8N2O2.2Cu/c4*1-3(5-7)4(2)6-8;;/h4*7-8H,1-2H3;;/p-8. The monoisotopic (exact) mass is 582 g/mol. The van der Waals surface area contributed by atoms with Crippen LogP contribution in [0.5, 0.6) is 0 Å². The van der Waals surface area contributed by atoms with Gasteiger partial charge in [-0.2, -0.15) is 0 Å². The summed E-state index contributed by atoms with van der Waals surface area (Å²) < 4.78 is 0. The van der Waals surface area contributed by atoms with Crippen LogP contribution in [0.3, 0.4) is 0 Å². The molecule has 0 amide bonds. The second-order valence-electron chi connectivity index (χ2n) is 5.41. The van der Waals surface area contributed by atoms with Gasteiger partial charge in [0.15, 0.2) is 0 Å². The zero-order valence-electron chi connectivity index (χ0n) is 19.4. The van der Waals surface area contributed by atoms with Crippen molar-refractivity contribution in [3.63, 3.8) is 0 Å². The van der Waals surface area contributed by atoms with Crippen molar-refractivity contribution in [1.29, 1.82) is 0 Å². The minimum Gasteiger partial charge on any atom is -0.792 e. The maximum atomic E-state index is 9.60. The van der Waals surface area contributed by atoms with Crippen LogP contribution in [-0.4, -0.2) is 45.7 Å². The average Bonchev–Trinajstić information content (AvgIpc) is 2.85. The molecule has 0 aliphatic carbocycles. The molecule has 2 radical (unpaired) electrons. The largest absolute Gasteiger partial charge is 0.792 e. The Morgan fingerprint density at radius 2 is 0.324 bits per heavy atom. The molecule has 0 spiro atoms. The molecule has 0 aliphatic heterocycles. The molecule has 0 aromatic carbocycles. The molecule has 0 atom stereocenters. The van der Waals surface area contributed by atoms with E-state index >= 15 is 0 Å². The fraction of sp³-hybridized carbons (Fsp3) is 0.500. The second-order valence-corrected chi connectivity index (χ2v) is 5.41. The smallest absolute Gasteiger partial charge is 0.0465 e. The van der Waals surface area contributed by atoms with Gasteiger partial charge in [-0.3, -0.25) is 0 Å². The van der Waals surface area contributed by atoms with Crippen LogP contribution in [0, 0.1) is 41.7 Å². The summed E-state index contributed by atoms with van der Waals surface area (Å²) in [6.45, 7) is 11.5. The Hall–Kier alpha value is -3.20. The molecular formula is C16H24Cu2N8O8-8. The first kappa shape index (κ1) is 44.5. The van der Waals surface area contributed by atoms with Crippen LogP contribution in [0.4, 0.5) is 0 Å². The van der Waals surface area contributed by atoms with Crippen LogP contribution < -0.4 is 0 Å². The van der Waals surface area contributed by atoms with Crippen molar-refractivity contribution in [2.75, 3.05) is 0 Å². The van der Waals surface area contributed by atoms with E-state index in [4.69, 9.17) is 0 Å². The summed E-state index contributed by atoms with van der Waals surface area (Å²) in [6, 6.07) is 0. The maximum Gasteiger partial charge on any atom is 0.0465 e. The van der Waals surface area contributed by atoms with Crippen molar-refractivity contribution in [1.82, 2.24) is 0 Å². The number of nitrogens with zero attached hydrogens (tertiary/aromatic N) is 8. The van der Waals surface area contributed by atoms with Crippen molar-refractivity contribution < 1.29 is 34.1 Å². The third-order valence-electron chi connectivity index (χ3n) is 3.19. The van der Waals surface area contributed by atoms with Crippen LogP contribution in [0.1, 0.15) is 55.4 Å². The summed E-state index contributed by atoms with van der Waals surface area (Å²) in [6.07, 6.45) is 0. The van der Waals surface area contributed by atoms with E-state index < -0.39 is 0 Å². The Kier molecular flexibility index (Phi) is 39.0. The Labute approximate surface area is 218 Å².